The van der Waals surface area contributed by atoms with E-state index in [0.717, 1.165) is 10.3 Å². The second-order valence-corrected chi connectivity index (χ2v) is 7.98. The summed E-state index contributed by atoms with van der Waals surface area (Å²) < 4.78 is 18.5. The predicted molar refractivity (Wildman–Crippen MR) is 118 cm³/mol. The Morgan fingerprint density at radius 1 is 1.03 bits per heavy atom. The number of benzene rings is 2. The van der Waals surface area contributed by atoms with E-state index in [2.05, 4.69) is 35.9 Å². The molecule has 0 radical (unpaired) electrons. The Hall–Kier alpha value is -3.68. The van der Waals surface area contributed by atoms with E-state index >= 15 is 0 Å². The first-order valence-corrected chi connectivity index (χ1v) is 10.1. The van der Waals surface area contributed by atoms with E-state index in [1.807, 2.05) is 10.6 Å². The zero-order chi connectivity index (χ0) is 21.9. The van der Waals surface area contributed by atoms with Crippen LogP contribution >= 0.6 is 0 Å². The fourth-order valence-electron chi connectivity index (χ4n) is 4.15. The van der Waals surface area contributed by atoms with Gasteiger partial charge in [-0.25, -0.2) is 9.18 Å². The van der Waals surface area contributed by atoms with Crippen LogP contribution < -0.4 is 16.1 Å². The molecular weight excluding hydrogens is 397 g/mol. The number of imidazole rings is 1. The van der Waals surface area contributed by atoms with Gasteiger partial charge in [-0.2, -0.15) is 4.98 Å². The highest BCUT2D eigenvalue weighted by Crippen LogP contribution is 2.32. The van der Waals surface area contributed by atoms with Crippen molar-refractivity contribution in [1.29, 1.82) is 0 Å². The standard InChI is InChI=1S/C23H22FN5O2/c1-14-8-9-17(12-15(14)2)27-10-11-28-19-20(25-22(27)28)26(3)23(31)29(21(19)30)13-16-6-4-5-7-18(16)24/h4-9,12H,10-11,13H2,1-3H3. The Kier molecular flexibility index (Phi) is 4.32. The van der Waals surface area contributed by atoms with Gasteiger partial charge in [0.05, 0.1) is 6.54 Å². The minimum atomic E-state index is -0.518. The largest absolute Gasteiger partial charge is 0.332 e. The summed E-state index contributed by atoms with van der Waals surface area (Å²) in [5.74, 6) is 0.185. The third kappa shape index (κ3) is 2.90. The molecule has 0 spiro atoms. The number of hydrogen-bond acceptors (Lipinski definition) is 4. The van der Waals surface area contributed by atoms with Crippen LogP contribution in [0, 0.1) is 19.7 Å². The van der Waals surface area contributed by atoms with Crippen LogP contribution in [-0.4, -0.2) is 25.2 Å². The van der Waals surface area contributed by atoms with Gasteiger partial charge in [0.25, 0.3) is 5.56 Å². The SMILES string of the molecule is Cc1ccc(N2CCn3c2nc2c3c(=O)n(Cc3ccccc3F)c(=O)n2C)cc1C. The summed E-state index contributed by atoms with van der Waals surface area (Å²) in [6.07, 6.45) is 0. The summed E-state index contributed by atoms with van der Waals surface area (Å²) in [6, 6.07) is 12.4. The van der Waals surface area contributed by atoms with E-state index in [9.17, 15) is 14.0 Å². The first kappa shape index (κ1) is 19.3. The third-order valence-corrected chi connectivity index (χ3v) is 6.09. The smallest absolute Gasteiger partial charge is 0.310 e. The Labute approximate surface area is 177 Å². The van der Waals surface area contributed by atoms with Crippen LogP contribution in [-0.2, 0) is 20.1 Å². The highest BCUT2D eigenvalue weighted by atomic mass is 19.1. The number of anilines is 2. The van der Waals surface area contributed by atoms with E-state index in [4.69, 9.17) is 0 Å². The normalized spacial score (nSPS) is 13.2. The highest BCUT2D eigenvalue weighted by Gasteiger charge is 2.29. The molecule has 0 saturated heterocycles. The molecule has 1 aliphatic heterocycles. The number of nitrogens with zero attached hydrogens (tertiary/aromatic N) is 5. The van der Waals surface area contributed by atoms with Crippen molar-refractivity contribution in [2.45, 2.75) is 26.9 Å². The predicted octanol–water partition coefficient (Wildman–Crippen LogP) is 2.85. The molecule has 1 aliphatic rings. The molecule has 0 amide bonds. The Morgan fingerprint density at radius 2 is 1.81 bits per heavy atom. The van der Waals surface area contributed by atoms with Crippen molar-refractivity contribution in [3.8, 4) is 0 Å². The van der Waals surface area contributed by atoms with Crippen molar-refractivity contribution in [3.63, 3.8) is 0 Å². The van der Waals surface area contributed by atoms with Crippen LogP contribution in [0.4, 0.5) is 16.0 Å². The maximum atomic E-state index is 14.2. The molecule has 4 aromatic rings. The zero-order valence-corrected chi connectivity index (χ0v) is 17.6. The maximum absolute atomic E-state index is 14.2. The average molecular weight is 419 g/mol. The lowest BCUT2D eigenvalue weighted by Crippen LogP contribution is -2.40. The number of aromatic nitrogens is 4. The van der Waals surface area contributed by atoms with Crippen LogP contribution in [0.15, 0.2) is 52.1 Å². The van der Waals surface area contributed by atoms with E-state index < -0.39 is 17.1 Å². The van der Waals surface area contributed by atoms with Gasteiger partial charge in [-0.15, -0.1) is 0 Å². The van der Waals surface area contributed by atoms with Gasteiger partial charge in [0, 0.05) is 31.4 Å². The average Bonchev–Trinajstić information content (AvgIpc) is 3.32. The van der Waals surface area contributed by atoms with Gasteiger partial charge in [0.1, 0.15) is 5.82 Å². The summed E-state index contributed by atoms with van der Waals surface area (Å²) in [6.45, 7) is 5.24. The Morgan fingerprint density at radius 3 is 2.55 bits per heavy atom. The molecule has 3 heterocycles. The number of halogens is 1. The van der Waals surface area contributed by atoms with Crippen LogP contribution in [0.5, 0.6) is 0 Å². The Bertz CT molecular complexity index is 1460. The van der Waals surface area contributed by atoms with E-state index in [-0.39, 0.29) is 6.54 Å². The topological polar surface area (TPSA) is 65.1 Å². The lowest BCUT2D eigenvalue weighted by molar-refractivity contribution is 0.582. The number of hydrogen-bond donors (Lipinski definition) is 0. The van der Waals surface area contributed by atoms with Crippen molar-refractivity contribution in [2.75, 3.05) is 11.4 Å². The molecule has 31 heavy (non-hydrogen) atoms. The highest BCUT2D eigenvalue weighted by molar-refractivity contribution is 5.78. The summed E-state index contributed by atoms with van der Waals surface area (Å²) in [4.78, 5) is 33.0. The zero-order valence-electron chi connectivity index (χ0n) is 17.6. The van der Waals surface area contributed by atoms with Gasteiger partial charge >= 0.3 is 5.69 Å². The summed E-state index contributed by atoms with van der Waals surface area (Å²) in [5, 5.41) is 0. The lowest BCUT2D eigenvalue weighted by Gasteiger charge is -2.17. The molecule has 0 N–H and O–H groups in total. The van der Waals surface area contributed by atoms with E-state index in [0.29, 0.717) is 35.8 Å². The molecule has 8 heteroatoms. The summed E-state index contributed by atoms with van der Waals surface area (Å²) in [7, 11) is 1.59. The fourth-order valence-corrected chi connectivity index (χ4v) is 4.15. The van der Waals surface area contributed by atoms with Gasteiger partial charge in [0.2, 0.25) is 5.95 Å². The summed E-state index contributed by atoms with van der Waals surface area (Å²) in [5.41, 5.74) is 3.38. The van der Waals surface area contributed by atoms with Gasteiger partial charge in [-0.1, -0.05) is 24.3 Å². The van der Waals surface area contributed by atoms with Crippen molar-refractivity contribution in [3.05, 3.63) is 85.8 Å². The van der Waals surface area contributed by atoms with Crippen LogP contribution in [0.2, 0.25) is 0 Å². The fraction of sp³-hybridized carbons (Fsp3) is 0.261. The molecule has 0 atom stereocenters. The van der Waals surface area contributed by atoms with Gasteiger partial charge in [-0.3, -0.25) is 13.9 Å². The van der Waals surface area contributed by atoms with E-state index in [1.54, 1.807) is 25.2 Å². The first-order chi connectivity index (χ1) is 14.9. The minimum absolute atomic E-state index is 0.129. The van der Waals surface area contributed by atoms with Gasteiger partial charge in [-0.05, 0) is 43.2 Å². The quantitative estimate of drug-likeness (QED) is 0.512. The Balaban J connectivity index is 1.68. The molecule has 0 bridgehead atoms. The second-order valence-electron chi connectivity index (χ2n) is 7.98. The van der Waals surface area contributed by atoms with Gasteiger partial charge < -0.3 is 9.47 Å². The minimum Gasteiger partial charge on any atom is -0.310 e. The second kappa shape index (κ2) is 6.94. The molecule has 0 unspecified atom stereocenters. The van der Waals surface area contributed by atoms with E-state index in [1.165, 1.54) is 21.8 Å². The summed E-state index contributed by atoms with van der Waals surface area (Å²) >= 11 is 0. The van der Waals surface area contributed by atoms with Crippen LogP contribution in [0.1, 0.15) is 16.7 Å². The molecule has 0 saturated carbocycles. The molecular formula is C23H22FN5O2. The number of fused-ring (bicyclic) bond motifs is 3. The molecule has 2 aromatic carbocycles. The number of aryl methyl sites for hydroxylation is 3. The molecule has 5 rings (SSSR count). The van der Waals surface area contributed by atoms with Crippen molar-refractivity contribution in [1.82, 2.24) is 18.7 Å². The first-order valence-electron chi connectivity index (χ1n) is 10.1. The van der Waals surface area contributed by atoms with Crippen molar-refractivity contribution < 1.29 is 4.39 Å². The number of rotatable bonds is 3. The molecule has 7 nitrogen and oxygen atoms in total. The monoisotopic (exact) mass is 419 g/mol. The molecule has 0 aliphatic carbocycles. The van der Waals surface area contributed by atoms with Crippen LogP contribution in [0.3, 0.4) is 0 Å². The third-order valence-electron chi connectivity index (χ3n) is 6.09. The maximum Gasteiger partial charge on any atom is 0.332 e. The van der Waals surface area contributed by atoms with Crippen molar-refractivity contribution in [2.24, 2.45) is 7.05 Å². The van der Waals surface area contributed by atoms with Gasteiger partial charge in [0.15, 0.2) is 11.2 Å². The lowest BCUT2D eigenvalue weighted by atomic mass is 10.1. The molecule has 158 valence electrons. The molecule has 0 fully saturated rings. The van der Waals surface area contributed by atoms with Crippen molar-refractivity contribution >= 4 is 22.8 Å². The molecule has 2 aromatic heterocycles. The van der Waals surface area contributed by atoms with Crippen LogP contribution in [0.25, 0.3) is 11.2 Å².